The number of ether oxygens (including phenoxy) is 1. The highest BCUT2D eigenvalue weighted by Crippen LogP contribution is 2.55. The first-order valence-electron chi connectivity index (χ1n) is 15.7. The molecule has 19 heteroatoms. The highest BCUT2D eigenvalue weighted by Gasteiger charge is 2.59. The molecule has 1 N–H and O–H groups in total. The number of fused-ring (bicyclic) bond motifs is 1. The number of nitro groups is 2. The van der Waals surface area contributed by atoms with E-state index in [0.29, 0.717) is 35.2 Å². The summed E-state index contributed by atoms with van der Waals surface area (Å²) in [5, 5.41) is 45.6. The van der Waals surface area contributed by atoms with E-state index in [9.17, 15) is 34.9 Å². The molecule has 0 spiro atoms. The summed E-state index contributed by atoms with van der Waals surface area (Å²) in [5.74, 6) is 0.282. The first-order valence-corrected chi connectivity index (χ1v) is 18.6. The lowest BCUT2D eigenvalue weighted by atomic mass is 9.79. The predicted octanol–water partition coefficient (Wildman–Crippen LogP) is 4.59. The van der Waals surface area contributed by atoms with Gasteiger partial charge in [0, 0.05) is 71.5 Å². The standard InChI is InChI=1S/C31H34N8O8S3/c1-17-26-25(18(2)40)28(41)37(26)29(48-15-20-6-10-22(11-7-20)39(45)46)27(17)50-24-12-23(16-49-30-32-33-34-35(30)3)36(13-24)31(42)47-14-19-4-8-21(9-5-19)38(43)44/h4-11,17-18,23-26,40H,12-16H2,1-3H3/t17-,18-,23+,24+,25-,26-/m1/s1. The largest absolute Gasteiger partial charge is 0.445 e. The number of rotatable bonds is 13. The zero-order valence-electron chi connectivity index (χ0n) is 27.2. The second-order valence-electron chi connectivity index (χ2n) is 12.3. The van der Waals surface area contributed by atoms with E-state index in [4.69, 9.17) is 4.74 Å². The molecule has 1 aromatic heterocycles. The number of hydrogen-bond donors (Lipinski definition) is 1. The maximum Gasteiger partial charge on any atom is 0.410 e. The number of tetrazole rings is 1. The predicted molar refractivity (Wildman–Crippen MR) is 186 cm³/mol. The molecule has 0 bridgehead atoms. The van der Waals surface area contributed by atoms with E-state index in [-0.39, 0.29) is 47.1 Å². The topological polar surface area (TPSA) is 200 Å². The molecule has 4 heterocycles. The van der Waals surface area contributed by atoms with Gasteiger partial charge in [-0.05, 0) is 47.0 Å². The number of nitro benzene ring substituents is 2. The smallest absolute Gasteiger partial charge is 0.410 e. The molecule has 50 heavy (non-hydrogen) atoms. The van der Waals surface area contributed by atoms with Crippen molar-refractivity contribution in [3.05, 3.63) is 89.8 Å². The lowest BCUT2D eigenvalue weighted by Gasteiger charge is -2.46. The molecule has 2 aromatic carbocycles. The van der Waals surface area contributed by atoms with Gasteiger partial charge in [-0.15, -0.1) is 28.6 Å². The van der Waals surface area contributed by atoms with Crippen LogP contribution in [0.5, 0.6) is 0 Å². The molecule has 264 valence electrons. The third-order valence-electron chi connectivity index (χ3n) is 8.99. The third-order valence-corrected chi connectivity index (χ3v) is 12.9. The summed E-state index contributed by atoms with van der Waals surface area (Å²) in [5.41, 5.74) is 1.43. The molecule has 16 nitrogen and oxygen atoms in total. The van der Waals surface area contributed by atoms with Gasteiger partial charge in [0.1, 0.15) is 6.61 Å². The van der Waals surface area contributed by atoms with Crippen LogP contribution < -0.4 is 0 Å². The van der Waals surface area contributed by atoms with Crippen molar-refractivity contribution in [3.8, 4) is 0 Å². The van der Waals surface area contributed by atoms with Crippen LogP contribution in [0.15, 0.2) is 63.6 Å². The van der Waals surface area contributed by atoms with Gasteiger partial charge in [-0.3, -0.25) is 25.0 Å². The maximum absolute atomic E-state index is 13.5. The van der Waals surface area contributed by atoms with Crippen molar-refractivity contribution in [2.75, 3.05) is 12.3 Å². The van der Waals surface area contributed by atoms with Gasteiger partial charge in [-0.25, -0.2) is 9.48 Å². The minimum atomic E-state index is -0.805. The first kappa shape index (κ1) is 35.6. The Balaban J connectivity index is 1.20. The molecule has 2 amide bonds. The lowest BCUT2D eigenvalue weighted by molar-refractivity contribution is -0.385. The summed E-state index contributed by atoms with van der Waals surface area (Å²) < 4.78 is 7.25. The normalized spacial score (nSPS) is 23.5. The van der Waals surface area contributed by atoms with Crippen LogP contribution in [0.25, 0.3) is 0 Å². The average molecular weight is 743 g/mol. The van der Waals surface area contributed by atoms with Gasteiger partial charge in [0.2, 0.25) is 11.1 Å². The molecule has 0 saturated carbocycles. The summed E-state index contributed by atoms with van der Waals surface area (Å²) in [4.78, 5) is 52.6. The lowest BCUT2D eigenvalue weighted by Crippen LogP contribution is -2.62. The van der Waals surface area contributed by atoms with Gasteiger partial charge in [0.05, 0.1) is 32.9 Å². The second-order valence-corrected chi connectivity index (χ2v) is 15.6. The maximum atomic E-state index is 13.5. The van der Waals surface area contributed by atoms with Crippen LogP contribution in [0.1, 0.15) is 31.4 Å². The number of carbonyl (C=O) groups excluding carboxylic acids is 2. The van der Waals surface area contributed by atoms with Crippen LogP contribution in [0.3, 0.4) is 0 Å². The number of benzene rings is 2. The third kappa shape index (κ3) is 7.31. The number of β-lactam (4-membered cyclic amide) rings is 1. The Morgan fingerprint density at radius 2 is 1.70 bits per heavy atom. The molecule has 3 aliphatic heterocycles. The minimum Gasteiger partial charge on any atom is -0.445 e. The molecule has 0 aliphatic carbocycles. The average Bonchev–Trinajstić information content (AvgIpc) is 3.76. The molecule has 3 aliphatic rings. The summed E-state index contributed by atoms with van der Waals surface area (Å²) in [6.07, 6.45) is -0.687. The number of amides is 2. The van der Waals surface area contributed by atoms with E-state index in [1.165, 1.54) is 47.8 Å². The monoisotopic (exact) mass is 742 g/mol. The number of aromatic nitrogens is 4. The van der Waals surface area contributed by atoms with E-state index in [0.717, 1.165) is 15.5 Å². The SMILES string of the molecule is C[C@@H](O)[C@H]1C(=O)N2C(SCc3ccc([N+](=O)[O-])cc3)=C(S[C@H]3C[C@@H](CSc4nnnn4C)N(C(=O)OCc4ccc([N+](=O)[O-])cc4)C3)[C@H](C)[C@H]12. The molecule has 6 rings (SSSR count). The molecule has 0 unspecified atom stereocenters. The van der Waals surface area contributed by atoms with Crippen LogP contribution in [0.4, 0.5) is 16.2 Å². The number of likely N-dealkylation sites (tertiary alicyclic amines) is 1. The van der Waals surface area contributed by atoms with Crippen molar-refractivity contribution < 1.29 is 29.3 Å². The number of aliphatic hydroxyl groups excluding tert-OH is 1. The first-order chi connectivity index (χ1) is 23.9. The van der Waals surface area contributed by atoms with Gasteiger partial charge in [0.25, 0.3) is 11.4 Å². The fourth-order valence-electron chi connectivity index (χ4n) is 6.40. The highest BCUT2D eigenvalue weighted by molar-refractivity contribution is 8.06. The number of carbonyl (C=O) groups is 2. The highest BCUT2D eigenvalue weighted by atomic mass is 32.2. The van der Waals surface area contributed by atoms with Crippen LogP contribution >= 0.6 is 35.3 Å². The molecular weight excluding hydrogens is 709 g/mol. The molecule has 6 atom stereocenters. The summed E-state index contributed by atoms with van der Waals surface area (Å²) in [7, 11) is 1.74. The Hall–Kier alpha value is -4.20. The number of aryl methyl sites for hydroxylation is 1. The molecule has 0 radical (unpaired) electrons. The summed E-state index contributed by atoms with van der Waals surface area (Å²) in [6, 6.07) is 11.7. The van der Waals surface area contributed by atoms with E-state index < -0.39 is 28.0 Å². The van der Waals surface area contributed by atoms with Gasteiger partial charge in [-0.2, -0.15) is 0 Å². The number of nitrogens with zero attached hydrogens (tertiary/aromatic N) is 8. The number of aliphatic hydroxyl groups is 1. The van der Waals surface area contributed by atoms with Crippen molar-refractivity contribution in [2.45, 2.75) is 61.2 Å². The Morgan fingerprint density at radius 3 is 2.28 bits per heavy atom. The van der Waals surface area contributed by atoms with Crippen molar-refractivity contribution in [2.24, 2.45) is 18.9 Å². The number of hydrogen-bond acceptors (Lipinski definition) is 14. The number of non-ortho nitro benzene ring substituents is 2. The number of thioether (sulfide) groups is 3. The fraction of sp³-hybridized carbons (Fsp3) is 0.452. The minimum absolute atomic E-state index is 0.00155. The fourth-order valence-corrected chi connectivity index (χ4v) is 10.3. The van der Waals surface area contributed by atoms with Crippen LogP contribution in [-0.4, -0.2) is 92.7 Å². The van der Waals surface area contributed by atoms with Crippen LogP contribution in [0.2, 0.25) is 0 Å². The molecule has 3 aromatic rings. The molecular formula is C31H34N8O8S3. The Bertz CT molecular complexity index is 1810. The van der Waals surface area contributed by atoms with E-state index in [1.807, 2.05) is 0 Å². The van der Waals surface area contributed by atoms with E-state index >= 15 is 0 Å². The zero-order valence-corrected chi connectivity index (χ0v) is 29.7. The van der Waals surface area contributed by atoms with Crippen molar-refractivity contribution in [1.82, 2.24) is 30.0 Å². The Labute approximate surface area is 299 Å². The van der Waals surface area contributed by atoms with Gasteiger partial charge in [-0.1, -0.05) is 30.8 Å². The Morgan fingerprint density at radius 1 is 1.06 bits per heavy atom. The molecule has 2 fully saturated rings. The quantitative estimate of drug-likeness (QED) is 0.110. The van der Waals surface area contributed by atoms with Gasteiger partial charge < -0.3 is 19.6 Å². The van der Waals surface area contributed by atoms with Gasteiger partial charge in [0.15, 0.2) is 0 Å². The zero-order chi connectivity index (χ0) is 35.7. The van der Waals surface area contributed by atoms with E-state index in [1.54, 1.807) is 64.5 Å². The summed E-state index contributed by atoms with van der Waals surface area (Å²) >= 11 is 4.55. The summed E-state index contributed by atoms with van der Waals surface area (Å²) in [6.45, 7) is 4.01. The van der Waals surface area contributed by atoms with E-state index in [2.05, 4.69) is 22.4 Å². The van der Waals surface area contributed by atoms with Crippen LogP contribution in [-0.2, 0) is 28.9 Å². The van der Waals surface area contributed by atoms with Gasteiger partial charge >= 0.3 is 6.09 Å². The van der Waals surface area contributed by atoms with Crippen LogP contribution in [0, 0.1) is 32.1 Å². The van der Waals surface area contributed by atoms with Crippen molar-refractivity contribution in [1.29, 1.82) is 0 Å². The second kappa shape index (κ2) is 15.0. The van der Waals surface area contributed by atoms with Crippen molar-refractivity contribution in [3.63, 3.8) is 0 Å². The Kier molecular flexibility index (Phi) is 10.7. The molecule has 2 saturated heterocycles. The van der Waals surface area contributed by atoms with Crippen molar-refractivity contribution >= 4 is 58.7 Å².